The monoisotopic (exact) mass is 183 g/mol. The third-order valence-electron chi connectivity index (χ3n) is 3.75. The van der Waals surface area contributed by atoms with Crippen molar-refractivity contribution in [3.63, 3.8) is 0 Å². The van der Waals surface area contributed by atoms with Crippen LogP contribution in [-0.2, 0) is 0 Å². The molecule has 1 nitrogen and oxygen atoms in total. The van der Waals surface area contributed by atoms with Gasteiger partial charge in [-0.15, -0.1) is 0 Å². The fraction of sp³-hybridized carbons (Fsp3) is 1.00. The smallest absolute Gasteiger partial charge is 0.00922 e. The molecule has 2 unspecified atom stereocenters. The number of nitrogens with one attached hydrogen (secondary N) is 1. The van der Waals surface area contributed by atoms with Crippen LogP contribution in [0.3, 0.4) is 0 Å². The summed E-state index contributed by atoms with van der Waals surface area (Å²) < 4.78 is 0. The average Bonchev–Trinajstić information content (AvgIpc) is 2.65. The van der Waals surface area contributed by atoms with Gasteiger partial charge in [0, 0.05) is 6.04 Å². The summed E-state index contributed by atoms with van der Waals surface area (Å²) in [7, 11) is 2.12. The van der Waals surface area contributed by atoms with Crippen molar-refractivity contribution in [2.75, 3.05) is 7.05 Å². The van der Waals surface area contributed by atoms with Crippen molar-refractivity contribution >= 4 is 0 Å². The Balaban J connectivity index is 2.37. The second-order valence-corrected chi connectivity index (χ2v) is 4.59. The van der Waals surface area contributed by atoms with Crippen molar-refractivity contribution in [1.29, 1.82) is 0 Å². The maximum Gasteiger partial charge on any atom is 0.00922 e. The van der Waals surface area contributed by atoms with E-state index in [9.17, 15) is 0 Å². The van der Waals surface area contributed by atoms with Crippen molar-refractivity contribution in [3.05, 3.63) is 0 Å². The lowest BCUT2D eigenvalue weighted by Gasteiger charge is -2.28. The highest BCUT2D eigenvalue weighted by Gasteiger charge is 2.26. The molecule has 13 heavy (non-hydrogen) atoms. The largest absolute Gasteiger partial charge is 0.317 e. The van der Waals surface area contributed by atoms with Crippen molar-refractivity contribution in [2.24, 2.45) is 11.8 Å². The van der Waals surface area contributed by atoms with E-state index in [0.29, 0.717) is 0 Å². The van der Waals surface area contributed by atoms with Gasteiger partial charge < -0.3 is 5.32 Å². The Morgan fingerprint density at radius 1 is 1.31 bits per heavy atom. The van der Waals surface area contributed by atoms with Gasteiger partial charge in [0.2, 0.25) is 0 Å². The van der Waals surface area contributed by atoms with Crippen molar-refractivity contribution in [2.45, 2.75) is 58.4 Å². The van der Waals surface area contributed by atoms with E-state index in [1.54, 1.807) is 0 Å². The zero-order valence-corrected chi connectivity index (χ0v) is 9.47. The van der Waals surface area contributed by atoms with Crippen LogP contribution in [0.5, 0.6) is 0 Å². The first kappa shape index (κ1) is 11.0. The Kier molecular flexibility index (Phi) is 4.79. The average molecular weight is 183 g/mol. The molecule has 1 saturated carbocycles. The number of hydrogen-bond acceptors (Lipinski definition) is 1. The molecule has 0 amide bonds. The molecule has 1 rings (SSSR count). The Bertz CT molecular complexity index is 127. The lowest BCUT2D eigenvalue weighted by Crippen LogP contribution is -2.35. The molecule has 0 aromatic rings. The van der Waals surface area contributed by atoms with Crippen molar-refractivity contribution in [1.82, 2.24) is 5.32 Å². The molecule has 1 aliphatic carbocycles. The summed E-state index contributed by atoms with van der Waals surface area (Å²) in [6.07, 6.45) is 8.54. The predicted molar refractivity (Wildman–Crippen MR) is 58.9 cm³/mol. The molecule has 2 atom stereocenters. The molecule has 0 aromatic heterocycles. The van der Waals surface area contributed by atoms with Crippen LogP contribution in [0.15, 0.2) is 0 Å². The molecule has 0 saturated heterocycles. The van der Waals surface area contributed by atoms with Crippen LogP contribution in [0.1, 0.15) is 52.4 Å². The molecule has 0 aromatic carbocycles. The van der Waals surface area contributed by atoms with Crippen molar-refractivity contribution in [3.8, 4) is 0 Å². The first-order valence-electron chi connectivity index (χ1n) is 5.96. The highest BCUT2D eigenvalue weighted by molar-refractivity contribution is 4.80. The SMILES string of the molecule is CCCC(NC)C(C)C1CCCC1. The maximum atomic E-state index is 3.48. The molecule has 0 aliphatic heterocycles. The van der Waals surface area contributed by atoms with Gasteiger partial charge in [0.05, 0.1) is 0 Å². The highest BCUT2D eigenvalue weighted by atomic mass is 14.9. The Morgan fingerprint density at radius 3 is 2.38 bits per heavy atom. The summed E-state index contributed by atoms with van der Waals surface area (Å²) in [6.45, 7) is 4.72. The molecule has 78 valence electrons. The zero-order chi connectivity index (χ0) is 9.68. The molecular formula is C12H25N. The molecule has 0 bridgehead atoms. The predicted octanol–water partition coefficient (Wildman–Crippen LogP) is 3.20. The van der Waals surface area contributed by atoms with Gasteiger partial charge in [0.15, 0.2) is 0 Å². The van der Waals surface area contributed by atoms with Crippen LogP contribution < -0.4 is 5.32 Å². The topological polar surface area (TPSA) is 12.0 Å². The third-order valence-corrected chi connectivity index (χ3v) is 3.75. The molecule has 1 aliphatic rings. The van der Waals surface area contributed by atoms with Gasteiger partial charge >= 0.3 is 0 Å². The number of rotatable bonds is 5. The number of hydrogen-bond donors (Lipinski definition) is 1. The lowest BCUT2D eigenvalue weighted by atomic mass is 9.84. The van der Waals surface area contributed by atoms with E-state index in [1.165, 1.54) is 38.5 Å². The minimum atomic E-state index is 0.757. The second-order valence-electron chi connectivity index (χ2n) is 4.59. The van der Waals surface area contributed by atoms with Gasteiger partial charge in [0.25, 0.3) is 0 Å². The molecule has 1 fully saturated rings. The van der Waals surface area contributed by atoms with Gasteiger partial charge in [-0.25, -0.2) is 0 Å². The molecular weight excluding hydrogens is 158 g/mol. The van der Waals surface area contributed by atoms with Crippen LogP contribution in [-0.4, -0.2) is 13.1 Å². The summed E-state index contributed by atoms with van der Waals surface area (Å²) in [5, 5.41) is 3.48. The summed E-state index contributed by atoms with van der Waals surface area (Å²) in [5.41, 5.74) is 0. The van der Waals surface area contributed by atoms with Gasteiger partial charge in [-0.3, -0.25) is 0 Å². The van der Waals surface area contributed by atoms with Gasteiger partial charge in [-0.1, -0.05) is 46.0 Å². The Labute approximate surface area is 83.3 Å². The third kappa shape index (κ3) is 2.98. The van der Waals surface area contributed by atoms with E-state index >= 15 is 0 Å². The Morgan fingerprint density at radius 2 is 1.92 bits per heavy atom. The van der Waals surface area contributed by atoms with E-state index in [2.05, 4.69) is 26.2 Å². The highest BCUT2D eigenvalue weighted by Crippen LogP contribution is 2.33. The summed E-state index contributed by atoms with van der Waals surface area (Å²) in [6, 6.07) is 0.757. The van der Waals surface area contributed by atoms with E-state index in [-0.39, 0.29) is 0 Å². The van der Waals surface area contributed by atoms with Crippen LogP contribution >= 0.6 is 0 Å². The molecule has 1 heteroatoms. The van der Waals surface area contributed by atoms with Crippen LogP contribution in [0.25, 0.3) is 0 Å². The van der Waals surface area contributed by atoms with Crippen LogP contribution in [0.4, 0.5) is 0 Å². The normalized spacial score (nSPS) is 23.3. The first-order chi connectivity index (χ1) is 6.29. The molecule has 1 N–H and O–H groups in total. The van der Waals surface area contributed by atoms with E-state index in [0.717, 1.165) is 17.9 Å². The van der Waals surface area contributed by atoms with Crippen LogP contribution in [0, 0.1) is 11.8 Å². The quantitative estimate of drug-likeness (QED) is 0.690. The van der Waals surface area contributed by atoms with Gasteiger partial charge in [-0.2, -0.15) is 0 Å². The fourth-order valence-electron chi connectivity index (χ4n) is 2.79. The van der Waals surface area contributed by atoms with Gasteiger partial charge in [0.1, 0.15) is 0 Å². The Hall–Kier alpha value is -0.0400. The maximum absolute atomic E-state index is 3.48. The zero-order valence-electron chi connectivity index (χ0n) is 9.47. The van der Waals surface area contributed by atoms with E-state index in [4.69, 9.17) is 0 Å². The first-order valence-corrected chi connectivity index (χ1v) is 5.96. The summed E-state index contributed by atoms with van der Waals surface area (Å²) in [4.78, 5) is 0. The van der Waals surface area contributed by atoms with Crippen molar-refractivity contribution < 1.29 is 0 Å². The van der Waals surface area contributed by atoms with E-state index < -0.39 is 0 Å². The molecule has 0 spiro atoms. The second kappa shape index (κ2) is 5.64. The standard InChI is InChI=1S/C12H25N/c1-4-7-12(13-3)10(2)11-8-5-6-9-11/h10-13H,4-9H2,1-3H3. The summed E-state index contributed by atoms with van der Waals surface area (Å²) >= 11 is 0. The lowest BCUT2D eigenvalue weighted by molar-refractivity contribution is 0.268. The van der Waals surface area contributed by atoms with Crippen LogP contribution in [0.2, 0.25) is 0 Å². The molecule has 0 radical (unpaired) electrons. The minimum absolute atomic E-state index is 0.757. The van der Waals surface area contributed by atoms with E-state index in [1.807, 2.05) is 0 Å². The fourth-order valence-corrected chi connectivity index (χ4v) is 2.79. The molecule has 0 heterocycles. The summed E-state index contributed by atoms with van der Waals surface area (Å²) in [5.74, 6) is 1.89. The minimum Gasteiger partial charge on any atom is -0.317 e. The van der Waals surface area contributed by atoms with Gasteiger partial charge in [-0.05, 0) is 25.3 Å².